The number of hydrogen-bond donors (Lipinski definition) is 0. The average Bonchev–Trinajstić information content (AvgIpc) is 2.47. The van der Waals surface area contributed by atoms with Crippen LogP contribution in [-0.2, 0) is 0 Å². The van der Waals surface area contributed by atoms with Gasteiger partial charge in [-0.3, -0.25) is 4.79 Å². The van der Waals surface area contributed by atoms with Crippen molar-refractivity contribution in [2.75, 3.05) is 6.61 Å². The molecule has 0 aliphatic carbocycles. The first-order valence-corrected chi connectivity index (χ1v) is 7.14. The molecular weight excluding hydrogens is 323 g/mol. The Morgan fingerprint density at radius 3 is 2.70 bits per heavy atom. The molecule has 0 saturated heterocycles. The summed E-state index contributed by atoms with van der Waals surface area (Å²) in [6.07, 6.45) is 0.866. The van der Waals surface area contributed by atoms with Gasteiger partial charge in [0.05, 0.1) is 16.6 Å². The lowest BCUT2D eigenvalue weighted by molar-refractivity contribution is 0.103. The van der Waals surface area contributed by atoms with E-state index in [1.165, 1.54) is 18.2 Å². The van der Waals surface area contributed by atoms with Crippen LogP contribution in [0.5, 0.6) is 5.75 Å². The maximum Gasteiger partial charge on any atom is 0.196 e. The van der Waals surface area contributed by atoms with Crippen LogP contribution in [0.3, 0.4) is 0 Å². The third kappa shape index (κ3) is 3.25. The van der Waals surface area contributed by atoms with Crippen LogP contribution >= 0.6 is 15.9 Å². The fraction of sp³-hybridized carbons (Fsp3) is 0.188. The molecule has 104 valence electrons. The number of para-hydroxylation sites is 1. The van der Waals surface area contributed by atoms with Crippen LogP contribution < -0.4 is 4.74 Å². The van der Waals surface area contributed by atoms with E-state index in [1.807, 2.05) is 13.0 Å². The highest BCUT2D eigenvalue weighted by Crippen LogP contribution is 2.24. The van der Waals surface area contributed by atoms with Crippen molar-refractivity contribution >= 4 is 21.7 Å². The third-order valence-corrected chi connectivity index (χ3v) is 3.38. The summed E-state index contributed by atoms with van der Waals surface area (Å²) >= 11 is 3.09. The van der Waals surface area contributed by atoms with Crippen molar-refractivity contribution in [3.05, 3.63) is 63.9 Å². The molecular formula is C16H14BrFO2. The molecule has 0 bridgehead atoms. The molecule has 0 heterocycles. The van der Waals surface area contributed by atoms with Gasteiger partial charge in [-0.25, -0.2) is 4.39 Å². The van der Waals surface area contributed by atoms with Crippen molar-refractivity contribution < 1.29 is 13.9 Å². The first-order valence-electron chi connectivity index (χ1n) is 6.35. The molecule has 0 fully saturated rings. The number of ketones is 1. The number of halogens is 2. The molecule has 2 nitrogen and oxygen atoms in total. The van der Waals surface area contributed by atoms with Crippen molar-refractivity contribution in [1.29, 1.82) is 0 Å². The fourth-order valence-corrected chi connectivity index (χ4v) is 2.16. The Morgan fingerprint density at radius 2 is 2.00 bits per heavy atom. The average molecular weight is 337 g/mol. The molecule has 0 aliphatic heterocycles. The second kappa shape index (κ2) is 6.66. The minimum absolute atomic E-state index is 0.183. The topological polar surface area (TPSA) is 26.3 Å². The van der Waals surface area contributed by atoms with Gasteiger partial charge in [-0.2, -0.15) is 0 Å². The Labute approximate surface area is 125 Å². The summed E-state index contributed by atoms with van der Waals surface area (Å²) in [6.45, 7) is 2.55. The Balaban J connectivity index is 2.35. The van der Waals surface area contributed by atoms with Crippen LogP contribution in [0.4, 0.5) is 4.39 Å². The standard InChI is InChI=1S/C16H14BrFO2/c1-2-9-20-15-6-4-3-5-12(15)16(19)11-7-8-14(18)13(17)10-11/h3-8,10H,2,9H2,1H3. The number of carbonyl (C=O) groups excluding carboxylic acids is 1. The van der Waals surface area contributed by atoms with E-state index >= 15 is 0 Å². The molecule has 0 saturated carbocycles. The van der Waals surface area contributed by atoms with Crippen molar-refractivity contribution in [2.24, 2.45) is 0 Å². The van der Waals surface area contributed by atoms with E-state index in [9.17, 15) is 9.18 Å². The van der Waals surface area contributed by atoms with E-state index in [4.69, 9.17) is 4.74 Å². The zero-order valence-corrected chi connectivity index (χ0v) is 12.6. The maximum absolute atomic E-state index is 13.2. The van der Waals surface area contributed by atoms with Crippen molar-refractivity contribution in [1.82, 2.24) is 0 Å². The molecule has 2 rings (SSSR count). The summed E-state index contributed by atoms with van der Waals surface area (Å²) in [7, 11) is 0. The Kier molecular flexibility index (Phi) is 4.90. The second-order valence-corrected chi connectivity index (χ2v) is 5.16. The summed E-state index contributed by atoms with van der Waals surface area (Å²) in [5.41, 5.74) is 0.908. The van der Waals surface area contributed by atoms with E-state index in [0.29, 0.717) is 23.5 Å². The van der Waals surface area contributed by atoms with E-state index < -0.39 is 5.82 Å². The van der Waals surface area contributed by atoms with Crippen molar-refractivity contribution in [2.45, 2.75) is 13.3 Å². The molecule has 0 unspecified atom stereocenters. The van der Waals surface area contributed by atoms with Gasteiger partial charge in [0.15, 0.2) is 5.78 Å². The molecule has 0 amide bonds. The monoisotopic (exact) mass is 336 g/mol. The molecule has 20 heavy (non-hydrogen) atoms. The van der Waals surface area contributed by atoms with Crippen LogP contribution in [0, 0.1) is 5.82 Å². The van der Waals surface area contributed by atoms with Gasteiger partial charge in [0.1, 0.15) is 11.6 Å². The van der Waals surface area contributed by atoms with E-state index in [2.05, 4.69) is 15.9 Å². The first-order chi connectivity index (χ1) is 9.63. The van der Waals surface area contributed by atoms with Gasteiger partial charge in [-0.15, -0.1) is 0 Å². The first kappa shape index (κ1) is 14.7. The summed E-state index contributed by atoms with van der Waals surface area (Å²) in [6, 6.07) is 11.3. The van der Waals surface area contributed by atoms with E-state index in [0.717, 1.165) is 6.42 Å². The minimum atomic E-state index is -0.392. The van der Waals surface area contributed by atoms with Gasteiger partial charge in [-0.1, -0.05) is 19.1 Å². The Bertz CT molecular complexity index is 626. The minimum Gasteiger partial charge on any atom is -0.493 e. The number of hydrogen-bond acceptors (Lipinski definition) is 2. The van der Waals surface area contributed by atoms with Gasteiger partial charge >= 0.3 is 0 Å². The van der Waals surface area contributed by atoms with Crippen LogP contribution in [0.1, 0.15) is 29.3 Å². The molecule has 0 radical (unpaired) electrons. The van der Waals surface area contributed by atoms with Crippen molar-refractivity contribution in [3.8, 4) is 5.75 Å². The lowest BCUT2D eigenvalue weighted by atomic mass is 10.0. The Morgan fingerprint density at radius 1 is 1.25 bits per heavy atom. The van der Waals surface area contributed by atoms with Gasteiger partial charge in [0.25, 0.3) is 0 Å². The number of carbonyl (C=O) groups is 1. The maximum atomic E-state index is 13.2. The lowest BCUT2D eigenvalue weighted by Gasteiger charge is -2.10. The smallest absolute Gasteiger partial charge is 0.196 e. The predicted molar refractivity (Wildman–Crippen MR) is 79.8 cm³/mol. The molecule has 0 atom stereocenters. The normalized spacial score (nSPS) is 10.3. The molecule has 2 aromatic carbocycles. The highest BCUT2D eigenvalue weighted by Gasteiger charge is 2.15. The predicted octanol–water partition coefficient (Wildman–Crippen LogP) is 4.61. The number of rotatable bonds is 5. The van der Waals surface area contributed by atoms with Crippen LogP contribution in [-0.4, -0.2) is 12.4 Å². The van der Waals surface area contributed by atoms with E-state index in [1.54, 1.807) is 18.2 Å². The summed E-state index contributed by atoms with van der Waals surface area (Å²) in [4.78, 5) is 12.5. The SMILES string of the molecule is CCCOc1ccccc1C(=O)c1ccc(F)c(Br)c1. The van der Waals surface area contributed by atoms with Gasteiger partial charge in [-0.05, 0) is 52.7 Å². The molecule has 0 N–H and O–H groups in total. The zero-order valence-electron chi connectivity index (χ0n) is 11.0. The van der Waals surface area contributed by atoms with E-state index in [-0.39, 0.29) is 10.3 Å². The molecule has 0 aliphatic rings. The highest BCUT2D eigenvalue weighted by molar-refractivity contribution is 9.10. The summed E-state index contributed by atoms with van der Waals surface area (Å²) in [5.74, 6) is -0.0192. The van der Waals surface area contributed by atoms with Crippen molar-refractivity contribution in [3.63, 3.8) is 0 Å². The molecule has 4 heteroatoms. The van der Waals surface area contributed by atoms with Gasteiger partial charge in [0.2, 0.25) is 0 Å². The second-order valence-electron chi connectivity index (χ2n) is 4.30. The third-order valence-electron chi connectivity index (χ3n) is 2.78. The molecule has 0 aromatic heterocycles. The van der Waals surface area contributed by atoms with Crippen LogP contribution in [0.25, 0.3) is 0 Å². The zero-order chi connectivity index (χ0) is 14.5. The van der Waals surface area contributed by atoms with Gasteiger partial charge in [0, 0.05) is 5.56 Å². The fourth-order valence-electron chi connectivity index (χ4n) is 1.78. The lowest BCUT2D eigenvalue weighted by Crippen LogP contribution is -2.06. The highest BCUT2D eigenvalue weighted by atomic mass is 79.9. The number of benzene rings is 2. The number of ether oxygens (including phenoxy) is 1. The van der Waals surface area contributed by atoms with Crippen LogP contribution in [0.15, 0.2) is 46.9 Å². The largest absolute Gasteiger partial charge is 0.493 e. The quantitative estimate of drug-likeness (QED) is 0.745. The Hall–Kier alpha value is -1.68. The molecule has 2 aromatic rings. The summed E-state index contributed by atoms with van der Waals surface area (Å²) < 4.78 is 19.1. The van der Waals surface area contributed by atoms with Crippen LogP contribution in [0.2, 0.25) is 0 Å². The van der Waals surface area contributed by atoms with Gasteiger partial charge < -0.3 is 4.74 Å². The molecule has 0 spiro atoms. The summed E-state index contributed by atoms with van der Waals surface area (Å²) in [5, 5.41) is 0.